The van der Waals surface area contributed by atoms with Gasteiger partial charge in [0, 0.05) is 5.92 Å². The highest BCUT2D eigenvalue weighted by Gasteiger charge is 2.78. The number of hydrogen-bond donors (Lipinski definition) is 5. The molecule has 0 radical (unpaired) electrons. The lowest BCUT2D eigenvalue weighted by molar-refractivity contribution is -0.0852. The molecule has 0 aliphatic heterocycles. The van der Waals surface area contributed by atoms with E-state index in [4.69, 9.17) is 21.8 Å². The SMILES string of the molecule is Nc1nc(Cl)c(C#Cc2ccoc2)c(NC2(O)CCC3C(O)C32O)n1. The van der Waals surface area contributed by atoms with Crippen molar-refractivity contribution < 1.29 is 19.7 Å². The molecule has 4 atom stereocenters. The molecule has 4 rings (SSSR count). The molecule has 0 aromatic carbocycles. The fourth-order valence-corrected chi connectivity index (χ4v) is 3.62. The van der Waals surface area contributed by atoms with E-state index in [1.807, 2.05) is 0 Å². The summed E-state index contributed by atoms with van der Waals surface area (Å²) in [6, 6.07) is 1.67. The second-order valence-electron chi connectivity index (χ2n) is 6.26. The van der Waals surface area contributed by atoms with Crippen LogP contribution in [0.3, 0.4) is 0 Å². The minimum absolute atomic E-state index is 0.00692. The molecule has 0 amide bonds. The summed E-state index contributed by atoms with van der Waals surface area (Å²) in [7, 11) is 0. The number of rotatable bonds is 2. The number of nitrogens with zero attached hydrogens (tertiary/aromatic N) is 2. The Morgan fingerprint density at radius 3 is 2.80 bits per heavy atom. The Bertz CT molecular complexity index is 894. The molecular formula is C16H15ClN4O4. The van der Waals surface area contributed by atoms with Gasteiger partial charge in [-0.2, -0.15) is 9.97 Å². The fraction of sp³-hybridized carbons (Fsp3) is 0.375. The molecule has 25 heavy (non-hydrogen) atoms. The van der Waals surface area contributed by atoms with E-state index in [1.54, 1.807) is 6.07 Å². The highest BCUT2D eigenvalue weighted by Crippen LogP contribution is 2.60. The first kappa shape index (κ1) is 16.2. The molecule has 2 aromatic rings. The Labute approximate surface area is 147 Å². The van der Waals surface area contributed by atoms with Crippen LogP contribution in [0.25, 0.3) is 0 Å². The third kappa shape index (κ3) is 2.36. The molecule has 0 saturated heterocycles. The number of nitrogens with one attached hydrogen (secondary N) is 1. The largest absolute Gasteiger partial charge is 0.471 e. The van der Waals surface area contributed by atoms with Crippen molar-refractivity contribution in [2.24, 2.45) is 5.92 Å². The molecule has 0 spiro atoms. The first-order valence-corrected chi connectivity index (χ1v) is 8.01. The van der Waals surface area contributed by atoms with Gasteiger partial charge >= 0.3 is 0 Å². The van der Waals surface area contributed by atoms with E-state index in [9.17, 15) is 15.3 Å². The number of anilines is 2. The standard InChI is InChI=1S/C16H15ClN4O4/c17-12-9(2-1-8-4-6-25-7-8)13(20-14(18)19-12)21-15(23)5-3-10-11(22)16(10,15)24/h4,6-7,10-11,22-24H,3,5H2,(H3,18,19,20,21). The molecule has 0 bridgehead atoms. The van der Waals surface area contributed by atoms with Gasteiger partial charge in [0.2, 0.25) is 5.95 Å². The number of fused-ring (bicyclic) bond motifs is 1. The molecule has 2 saturated carbocycles. The minimum Gasteiger partial charge on any atom is -0.471 e. The van der Waals surface area contributed by atoms with Crippen LogP contribution in [0.5, 0.6) is 0 Å². The van der Waals surface area contributed by atoms with Gasteiger partial charge in [0.15, 0.2) is 16.7 Å². The van der Waals surface area contributed by atoms with Crippen molar-refractivity contribution in [2.75, 3.05) is 11.1 Å². The summed E-state index contributed by atoms with van der Waals surface area (Å²) < 4.78 is 4.95. The topological polar surface area (TPSA) is 138 Å². The van der Waals surface area contributed by atoms with Crippen molar-refractivity contribution in [1.82, 2.24) is 9.97 Å². The first-order chi connectivity index (χ1) is 11.8. The smallest absolute Gasteiger partial charge is 0.223 e. The van der Waals surface area contributed by atoms with Gasteiger partial charge in [0.1, 0.15) is 17.4 Å². The molecule has 8 nitrogen and oxygen atoms in total. The summed E-state index contributed by atoms with van der Waals surface area (Å²) in [5.41, 5.74) is 3.09. The summed E-state index contributed by atoms with van der Waals surface area (Å²) in [6.45, 7) is 0. The van der Waals surface area contributed by atoms with Crippen LogP contribution in [0, 0.1) is 17.8 Å². The molecule has 130 valence electrons. The number of hydrogen-bond acceptors (Lipinski definition) is 8. The molecule has 9 heteroatoms. The number of halogens is 1. The predicted molar refractivity (Wildman–Crippen MR) is 88.4 cm³/mol. The highest BCUT2D eigenvalue weighted by molar-refractivity contribution is 6.31. The molecule has 2 heterocycles. The summed E-state index contributed by atoms with van der Waals surface area (Å²) in [4.78, 5) is 7.91. The molecule has 2 aliphatic rings. The van der Waals surface area contributed by atoms with E-state index >= 15 is 0 Å². The van der Waals surface area contributed by atoms with Crippen molar-refractivity contribution >= 4 is 23.4 Å². The second kappa shape index (κ2) is 5.34. The third-order valence-electron chi connectivity index (χ3n) is 4.83. The van der Waals surface area contributed by atoms with E-state index in [1.165, 1.54) is 12.5 Å². The van der Waals surface area contributed by atoms with Gasteiger partial charge in [-0.1, -0.05) is 23.4 Å². The van der Waals surface area contributed by atoms with E-state index in [-0.39, 0.29) is 34.8 Å². The van der Waals surface area contributed by atoms with E-state index in [0.717, 1.165) is 0 Å². The van der Waals surface area contributed by atoms with Gasteiger partial charge < -0.3 is 30.8 Å². The number of nitrogens with two attached hydrogens (primary N) is 1. The van der Waals surface area contributed by atoms with E-state index < -0.39 is 17.4 Å². The first-order valence-electron chi connectivity index (χ1n) is 7.63. The minimum atomic E-state index is -1.76. The quantitative estimate of drug-likeness (QED) is 0.292. The van der Waals surface area contributed by atoms with Crippen molar-refractivity contribution in [2.45, 2.75) is 30.3 Å². The fourth-order valence-electron chi connectivity index (χ4n) is 3.40. The van der Waals surface area contributed by atoms with E-state index in [0.29, 0.717) is 12.0 Å². The maximum absolute atomic E-state index is 10.8. The molecule has 2 aromatic heterocycles. The van der Waals surface area contributed by atoms with Crippen LogP contribution in [-0.4, -0.2) is 42.7 Å². The average Bonchev–Trinajstić information content (AvgIpc) is 2.92. The van der Waals surface area contributed by atoms with Gasteiger partial charge in [-0.05, 0) is 18.9 Å². The summed E-state index contributed by atoms with van der Waals surface area (Å²) in [5.74, 6) is 5.25. The number of furan rings is 1. The zero-order valence-corrected chi connectivity index (χ0v) is 13.7. The molecular weight excluding hydrogens is 348 g/mol. The molecule has 2 fully saturated rings. The van der Waals surface area contributed by atoms with Gasteiger partial charge in [0.05, 0.1) is 17.9 Å². The third-order valence-corrected chi connectivity index (χ3v) is 5.10. The summed E-state index contributed by atoms with van der Waals surface area (Å²) in [6.07, 6.45) is 2.67. The Morgan fingerprint density at radius 1 is 1.36 bits per heavy atom. The van der Waals surface area contributed by atoms with Crippen LogP contribution in [0.4, 0.5) is 11.8 Å². The van der Waals surface area contributed by atoms with Crippen LogP contribution < -0.4 is 11.1 Å². The Balaban J connectivity index is 1.72. The van der Waals surface area contributed by atoms with Gasteiger partial charge in [-0.15, -0.1) is 0 Å². The lowest BCUT2D eigenvalue weighted by atomic mass is 10.0. The molecule has 2 aliphatic carbocycles. The Kier molecular flexibility index (Phi) is 3.46. The van der Waals surface area contributed by atoms with Crippen LogP contribution in [-0.2, 0) is 0 Å². The Morgan fingerprint density at radius 2 is 2.16 bits per heavy atom. The van der Waals surface area contributed by atoms with Crippen molar-refractivity contribution in [3.63, 3.8) is 0 Å². The number of aliphatic hydroxyl groups is 3. The summed E-state index contributed by atoms with van der Waals surface area (Å²) >= 11 is 6.13. The van der Waals surface area contributed by atoms with Crippen molar-refractivity contribution in [3.05, 3.63) is 34.9 Å². The average molecular weight is 363 g/mol. The maximum atomic E-state index is 10.8. The Hall–Kier alpha value is -2.31. The lowest BCUT2D eigenvalue weighted by Crippen LogP contribution is -2.51. The van der Waals surface area contributed by atoms with Crippen LogP contribution >= 0.6 is 11.6 Å². The predicted octanol–water partition coefficient (Wildman–Crippen LogP) is 0.321. The van der Waals surface area contributed by atoms with Gasteiger partial charge in [0.25, 0.3) is 0 Å². The molecule has 4 unspecified atom stereocenters. The highest BCUT2D eigenvalue weighted by atomic mass is 35.5. The normalized spacial score (nSPS) is 32.6. The number of nitrogen functional groups attached to an aromatic ring is 1. The van der Waals surface area contributed by atoms with Gasteiger partial charge in [-0.25, -0.2) is 0 Å². The van der Waals surface area contributed by atoms with Crippen molar-refractivity contribution in [3.8, 4) is 11.8 Å². The zero-order valence-electron chi connectivity index (χ0n) is 12.9. The maximum Gasteiger partial charge on any atom is 0.223 e. The monoisotopic (exact) mass is 362 g/mol. The number of aliphatic hydroxyl groups excluding tert-OH is 1. The second-order valence-corrected chi connectivity index (χ2v) is 6.62. The van der Waals surface area contributed by atoms with Crippen molar-refractivity contribution in [1.29, 1.82) is 0 Å². The summed E-state index contributed by atoms with van der Waals surface area (Å²) in [5, 5.41) is 33.9. The van der Waals surface area contributed by atoms with E-state index in [2.05, 4.69) is 27.1 Å². The molecule has 6 N–H and O–H groups in total. The van der Waals surface area contributed by atoms with Crippen LogP contribution in [0.15, 0.2) is 23.0 Å². The van der Waals surface area contributed by atoms with Crippen LogP contribution in [0.1, 0.15) is 24.0 Å². The van der Waals surface area contributed by atoms with Crippen LogP contribution in [0.2, 0.25) is 5.15 Å². The number of aromatic nitrogens is 2. The van der Waals surface area contributed by atoms with Gasteiger partial charge in [-0.3, -0.25) is 0 Å². The zero-order chi connectivity index (χ0) is 17.8. The lowest BCUT2D eigenvalue weighted by Gasteiger charge is -2.32.